The van der Waals surface area contributed by atoms with Crippen molar-refractivity contribution in [2.45, 2.75) is 25.7 Å². The third kappa shape index (κ3) is 3.24. The summed E-state index contributed by atoms with van der Waals surface area (Å²) in [5.41, 5.74) is 4.14. The fraction of sp³-hybridized carbons (Fsp3) is 0.333. The molecule has 1 saturated carbocycles. The van der Waals surface area contributed by atoms with Crippen LogP contribution in [0.4, 0.5) is 0 Å². The number of hydrogen-bond acceptors (Lipinski definition) is 1. The molecule has 1 aliphatic rings. The Bertz CT molecular complexity index is 481. The minimum absolute atomic E-state index is 0.815. The second kappa shape index (κ2) is 6.53. The number of aliphatic hydroxyl groups excluding tert-OH is 1. The minimum atomic E-state index is 0.815. The quantitative estimate of drug-likeness (QED) is 0.838. The van der Waals surface area contributed by atoms with E-state index in [4.69, 9.17) is 5.11 Å². The zero-order valence-electron chi connectivity index (χ0n) is 11.7. The van der Waals surface area contributed by atoms with Gasteiger partial charge in [0, 0.05) is 7.11 Å². The predicted octanol–water partition coefficient (Wildman–Crippen LogP) is 4.48. The molecule has 0 atom stereocenters. The molecule has 2 aromatic rings. The van der Waals surface area contributed by atoms with E-state index in [0.717, 1.165) is 18.9 Å². The van der Waals surface area contributed by atoms with Gasteiger partial charge in [0.25, 0.3) is 0 Å². The van der Waals surface area contributed by atoms with Crippen molar-refractivity contribution < 1.29 is 5.11 Å². The summed E-state index contributed by atoms with van der Waals surface area (Å²) in [5, 5.41) is 7.00. The smallest absolute Gasteiger partial charge is 0.0319 e. The number of benzene rings is 2. The molecular formula is C18H22O. The molecule has 1 fully saturated rings. The van der Waals surface area contributed by atoms with Gasteiger partial charge in [-0.3, -0.25) is 0 Å². The fourth-order valence-corrected chi connectivity index (χ4v) is 2.75. The van der Waals surface area contributed by atoms with Gasteiger partial charge in [-0.05, 0) is 41.4 Å². The average molecular weight is 254 g/mol. The first-order valence-corrected chi connectivity index (χ1v) is 6.93. The predicted molar refractivity (Wildman–Crippen MR) is 81.2 cm³/mol. The molecule has 0 spiro atoms. The SMILES string of the molecule is CC1CC(c2ccc(-c3ccccc3)cc2)C1.CO. The Morgan fingerprint density at radius 2 is 1.32 bits per heavy atom. The van der Waals surface area contributed by atoms with E-state index in [9.17, 15) is 0 Å². The Labute approximate surface area is 115 Å². The maximum atomic E-state index is 7.00. The maximum absolute atomic E-state index is 7.00. The van der Waals surface area contributed by atoms with E-state index in [0.29, 0.717) is 0 Å². The Hall–Kier alpha value is -1.60. The highest BCUT2D eigenvalue weighted by atomic mass is 16.2. The van der Waals surface area contributed by atoms with Crippen LogP contribution < -0.4 is 0 Å². The lowest BCUT2D eigenvalue weighted by molar-refractivity contribution is 0.288. The normalized spacial score (nSPS) is 21.0. The summed E-state index contributed by atoms with van der Waals surface area (Å²) in [5.74, 6) is 1.74. The first-order chi connectivity index (χ1) is 9.33. The van der Waals surface area contributed by atoms with Gasteiger partial charge in [-0.1, -0.05) is 61.5 Å². The van der Waals surface area contributed by atoms with E-state index >= 15 is 0 Å². The van der Waals surface area contributed by atoms with Gasteiger partial charge in [-0.15, -0.1) is 0 Å². The summed E-state index contributed by atoms with van der Waals surface area (Å²) in [6, 6.07) is 19.7. The van der Waals surface area contributed by atoms with Crippen LogP contribution in [0.5, 0.6) is 0 Å². The summed E-state index contributed by atoms with van der Waals surface area (Å²) in [7, 11) is 1.00. The van der Waals surface area contributed by atoms with Crippen molar-refractivity contribution in [3.05, 3.63) is 60.2 Å². The van der Waals surface area contributed by atoms with Gasteiger partial charge in [-0.25, -0.2) is 0 Å². The second-order valence-corrected chi connectivity index (χ2v) is 5.26. The van der Waals surface area contributed by atoms with E-state index in [-0.39, 0.29) is 0 Å². The van der Waals surface area contributed by atoms with Crippen LogP contribution in [0.2, 0.25) is 0 Å². The molecule has 1 aliphatic carbocycles. The van der Waals surface area contributed by atoms with Crippen molar-refractivity contribution in [3.63, 3.8) is 0 Å². The molecule has 0 radical (unpaired) electrons. The van der Waals surface area contributed by atoms with Gasteiger partial charge >= 0.3 is 0 Å². The lowest BCUT2D eigenvalue weighted by Crippen LogP contribution is -2.18. The molecule has 2 aromatic carbocycles. The summed E-state index contributed by atoms with van der Waals surface area (Å²) in [6.07, 6.45) is 2.73. The van der Waals surface area contributed by atoms with Crippen LogP contribution in [0.3, 0.4) is 0 Å². The molecule has 0 saturated heterocycles. The molecule has 0 bridgehead atoms. The van der Waals surface area contributed by atoms with E-state index in [1.165, 1.54) is 29.5 Å². The Morgan fingerprint density at radius 3 is 1.84 bits per heavy atom. The summed E-state index contributed by atoms with van der Waals surface area (Å²) < 4.78 is 0. The van der Waals surface area contributed by atoms with E-state index in [2.05, 4.69) is 61.5 Å². The third-order valence-corrected chi connectivity index (χ3v) is 3.86. The van der Waals surface area contributed by atoms with Crippen LogP contribution in [-0.2, 0) is 0 Å². The van der Waals surface area contributed by atoms with E-state index in [1.54, 1.807) is 0 Å². The van der Waals surface area contributed by atoms with E-state index < -0.39 is 0 Å². The first-order valence-electron chi connectivity index (χ1n) is 6.93. The fourth-order valence-electron chi connectivity index (χ4n) is 2.75. The largest absolute Gasteiger partial charge is 0.400 e. The Balaban J connectivity index is 0.000000637. The average Bonchev–Trinajstić information content (AvgIpc) is 2.47. The lowest BCUT2D eigenvalue weighted by atomic mass is 9.72. The van der Waals surface area contributed by atoms with Crippen molar-refractivity contribution in [1.29, 1.82) is 0 Å². The standard InChI is InChI=1S/C17H18.CH4O/c1-13-11-17(12-13)16-9-7-15(8-10-16)14-5-3-2-4-6-14;1-2/h2-10,13,17H,11-12H2,1H3;2H,1H3. The molecule has 100 valence electrons. The number of rotatable bonds is 2. The van der Waals surface area contributed by atoms with Crippen LogP contribution in [0.25, 0.3) is 11.1 Å². The van der Waals surface area contributed by atoms with Crippen LogP contribution in [0.1, 0.15) is 31.2 Å². The van der Waals surface area contributed by atoms with Gasteiger partial charge in [0.1, 0.15) is 0 Å². The molecule has 0 unspecified atom stereocenters. The van der Waals surface area contributed by atoms with Gasteiger partial charge < -0.3 is 5.11 Å². The molecule has 3 rings (SSSR count). The molecule has 19 heavy (non-hydrogen) atoms. The zero-order valence-corrected chi connectivity index (χ0v) is 11.7. The van der Waals surface area contributed by atoms with Crippen molar-refractivity contribution in [2.75, 3.05) is 7.11 Å². The lowest BCUT2D eigenvalue weighted by Gasteiger charge is -2.33. The molecule has 1 heteroatoms. The second-order valence-electron chi connectivity index (χ2n) is 5.26. The van der Waals surface area contributed by atoms with Crippen LogP contribution >= 0.6 is 0 Å². The monoisotopic (exact) mass is 254 g/mol. The minimum Gasteiger partial charge on any atom is -0.400 e. The van der Waals surface area contributed by atoms with Crippen molar-refractivity contribution in [3.8, 4) is 11.1 Å². The Kier molecular flexibility index (Phi) is 4.75. The van der Waals surface area contributed by atoms with Gasteiger partial charge in [0.2, 0.25) is 0 Å². The third-order valence-electron chi connectivity index (χ3n) is 3.86. The van der Waals surface area contributed by atoms with Crippen LogP contribution in [-0.4, -0.2) is 12.2 Å². The zero-order chi connectivity index (χ0) is 13.7. The van der Waals surface area contributed by atoms with Gasteiger partial charge in [0.05, 0.1) is 0 Å². The van der Waals surface area contributed by atoms with Crippen LogP contribution in [0.15, 0.2) is 54.6 Å². The van der Waals surface area contributed by atoms with E-state index in [1.807, 2.05) is 0 Å². The van der Waals surface area contributed by atoms with Gasteiger partial charge in [0.15, 0.2) is 0 Å². The molecule has 0 aliphatic heterocycles. The molecule has 0 heterocycles. The number of hydrogen-bond donors (Lipinski definition) is 1. The van der Waals surface area contributed by atoms with Crippen molar-refractivity contribution in [1.82, 2.24) is 0 Å². The van der Waals surface area contributed by atoms with Crippen LogP contribution in [0, 0.1) is 5.92 Å². The molecule has 1 N–H and O–H groups in total. The van der Waals surface area contributed by atoms with Crippen molar-refractivity contribution >= 4 is 0 Å². The number of aliphatic hydroxyl groups is 1. The highest BCUT2D eigenvalue weighted by molar-refractivity contribution is 5.63. The maximum Gasteiger partial charge on any atom is 0.0319 e. The molecule has 1 nitrogen and oxygen atoms in total. The van der Waals surface area contributed by atoms with Gasteiger partial charge in [-0.2, -0.15) is 0 Å². The Morgan fingerprint density at radius 1 is 0.789 bits per heavy atom. The first kappa shape index (κ1) is 13.8. The highest BCUT2D eigenvalue weighted by Crippen LogP contribution is 2.41. The molecule has 0 aromatic heterocycles. The van der Waals surface area contributed by atoms with Crippen molar-refractivity contribution in [2.24, 2.45) is 5.92 Å². The molecular weight excluding hydrogens is 232 g/mol. The highest BCUT2D eigenvalue weighted by Gasteiger charge is 2.26. The summed E-state index contributed by atoms with van der Waals surface area (Å²) in [6.45, 7) is 2.34. The summed E-state index contributed by atoms with van der Waals surface area (Å²) >= 11 is 0. The summed E-state index contributed by atoms with van der Waals surface area (Å²) in [4.78, 5) is 0. The topological polar surface area (TPSA) is 20.2 Å². The molecule has 0 amide bonds.